The number of azide groups is 1. The Morgan fingerprint density at radius 3 is 2.44 bits per heavy atom. The van der Waals surface area contributed by atoms with E-state index in [0.29, 0.717) is 0 Å². The SMILES string of the molecule is B[C@H]1C[C@@H](OC(C#N)N=[N+]=[N-])[C@@H](COP(=O)(O)OP(=O)(O)OP(=O)(O)O)O1. The van der Waals surface area contributed by atoms with E-state index >= 15 is 0 Å². The maximum absolute atomic E-state index is 11.7. The molecular formula is C7H14BN4O12P3. The highest BCUT2D eigenvalue weighted by Gasteiger charge is 2.42. The number of nitriles is 1. The van der Waals surface area contributed by atoms with E-state index in [9.17, 15) is 18.6 Å². The molecule has 0 radical (unpaired) electrons. The Hall–Kier alpha value is -0.805. The van der Waals surface area contributed by atoms with Crippen molar-refractivity contribution in [2.45, 2.75) is 30.9 Å². The molecule has 1 fully saturated rings. The Morgan fingerprint density at radius 1 is 1.30 bits per heavy atom. The molecule has 1 heterocycles. The van der Waals surface area contributed by atoms with Gasteiger partial charge in [0.05, 0.1) is 12.7 Å². The number of phosphoric acid groups is 3. The molecule has 16 nitrogen and oxygen atoms in total. The largest absolute Gasteiger partial charge is 0.490 e. The summed E-state index contributed by atoms with van der Waals surface area (Å²) < 4.78 is 55.5. The van der Waals surface area contributed by atoms with Gasteiger partial charge >= 0.3 is 23.5 Å². The van der Waals surface area contributed by atoms with Gasteiger partial charge in [-0.1, -0.05) is 0 Å². The van der Waals surface area contributed by atoms with Gasteiger partial charge in [-0.2, -0.15) is 13.9 Å². The van der Waals surface area contributed by atoms with Crippen LogP contribution in [0, 0.1) is 11.3 Å². The monoisotopic (exact) mass is 450 g/mol. The molecule has 0 aromatic heterocycles. The lowest BCUT2D eigenvalue weighted by Gasteiger charge is -2.21. The number of rotatable bonds is 10. The van der Waals surface area contributed by atoms with E-state index in [2.05, 4.69) is 23.2 Å². The van der Waals surface area contributed by atoms with Crippen LogP contribution in [0.25, 0.3) is 10.4 Å². The smallest absolute Gasteiger partial charge is 0.379 e. The van der Waals surface area contributed by atoms with Crippen LogP contribution in [0.15, 0.2) is 5.11 Å². The number of nitrogens with zero attached hydrogens (tertiary/aromatic N) is 4. The van der Waals surface area contributed by atoms with Crippen LogP contribution in [0.2, 0.25) is 0 Å². The Bertz CT molecular complexity index is 763. The maximum atomic E-state index is 11.7. The molecule has 4 N–H and O–H groups in total. The number of ether oxygens (including phenoxy) is 2. The summed E-state index contributed by atoms with van der Waals surface area (Å²) in [6.07, 6.45) is -3.26. The van der Waals surface area contributed by atoms with Gasteiger partial charge in [0.1, 0.15) is 20.0 Å². The quantitative estimate of drug-likeness (QED) is 0.109. The molecule has 0 saturated carbocycles. The van der Waals surface area contributed by atoms with E-state index in [4.69, 9.17) is 34.9 Å². The lowest BCUT2D eigenvalue weighted by Crippen LogP contribution is -2.31. The van der Waals surface area contributed by atoms with Gasteiger partial charge < -0.3 is 29.0 Å². The second-order valence-corrected chi connectivity index (χ2v) is 9.39. The summed E-state index contributed by atoms with van der Waals surface area (Å²) >= 11 is 0. The minimum absolute atomic E-state index is 0.198. The minimum Gasteiger partial charge on any atom is -0.379 e. The van der Waals surface area contributed by atoms with E-state index in [1.54, 1.807) is 13.9 Å². The molecule has 0 bridgehead atoms. The average molecular weight is 450 g/mol. The molecule has 27 heavy (non-hydrogen) atoms. The van der Waals surface area contributed by atoms with Crippen molar-refractivity contribution in [1.82, 2.24) is 0 Å². The van der Waals surface area contributed by atoms with Crippen molar-refractivity contribution in [3.8, 4) is 6.07 Å². The van der Waals surface area contributed by atoms with Crippen molar-refractivity contribution in [3.63, 3.8) is 0 Å². The summed E-state index contributed by atoms with van der Waals surface area (Å²) in [5.74, 6) is 0. The number of hydrogen-bond acceptors (Lipinski definition) is 10. The fraction of sp³-hybridized carbons (Fsp3) is 0.857. The van der Waals surface area contributed by atoms with Crippen molar-refractivity contribution in [1.29, 1.82) is 5.26 Å². The van der Waals surface area contributed by atoms with Crippen molar-refractivity contribution in [2.75, 3.05) is 6.61 Å². The van der Waals surface area contributed by atoms with Crippen LogP contribution in [-0.4, -0.2) is 58.5 Å². The summed E-state index contributed by atoms with van der Waals surface area (Å²) in [4.78, 5) is 37.7. The highest BCUT2D eigenvalue weighted by molar-refractivity contribution is 7.66. The van der Waals surface area contributed by atoms with Gasteiger partial charge in [0.25, 0.3) is 0 Å². The average Bonchev–Trinajstić information content (AvgIpc) is 2.80. The molecular weight excluding hydrogens is 436 g/mol. The van der Waals surface area contributed by atoms with Crippen molar-refractivity contribution in [2.24, 2.45) is 5.11 Å². The highest BCUT2D eigenvalue weighted by Crippen LogP contribution is 2.66. The van der Waals surface area contributed by atoms with E-state index in [1.165, 1.54) is 0 Å². The first-order valence-electron chi connectivity index (χ1n) is 6.80. The van der Waals surface area contributed by atoms with E-state index < -0.39 is 54.5 Å². The molecule has 0 aliphatic carbocycles. The highest BCUT2D eigenvalue weighted by atomic mass is 31.3. The molecule has 3 unspecified atom stereocenters. The minimum atomic E-state index is -5.63. The third-order valence-corrected chi connectivity index (χ3v) is 6.58. The molecule has 1 saturated heterocycles. The molecule has 1 aliphatic heterocycles. The van der Waals surface area contributed by atoms with Gasteiger partial charge in [-0.3, -0.25) is 4.52 Å². The van der Waals surface area contributed by atoms with Crippen molar-refractivity contribution in [3.05, 3.63) is 10.4 Å². The number of phosphoric ester groups is 1. The predicted octanol–water partition coefficient (Wildman–Crippen LogP) is -0.377. The normalized spacial score (nSPS) is 28.3. The zero-order chi connectivity index (χ0) is 20.9. The van der Waals surface area contributed by atoms with Crippen LogP contribution >= 0.6 is 23.5 Å². The summed E-state index contributed by atoms with van der Waals surface area (Å²) in [5.41, 5.74) is 8.33. The van der Waals surface area contributed by atoms with E-state index in [1.807, 2.05) is 0 Å². The van der Waals surface area contributed by atoms with Gasteiger partial charge in [-0.25, -0.2) is 13.7 Å². The van der Waals surface area contributed by atoms with Crippen LogP contribution < -0.4 is 0 Å². The molecule has 20 heteroatoms. The van der Waals surface area contributed by atoms with Gasteiger partial charge in [0.2, 0.25) is 6.23 Å². The second kappa shape index (κ2) is 9.60. The van der Waals surface area contributed by atoms with Crippen LogP contribution in [0.3, 0.4) is 0 Å². The fourth-order valence-corrected chi connectivity index (χ4v) is 5.01. The third kappa shape index (κ3) is 9.29. The molecule has 0 spiro atoms. The van der Waals surface area contributed by atoms with Crippen LogP contribution in [0.1, 0.15) is 6.42 Å². The fourth-order valence-electron chi connectivity index (χ4n) is 1.98. The lowest BCUT2D eigenvalue weighted by molar-refractivity contribution is -0.0508. The van der Waals surface area contributed by atoms with Gasteiger partial charge in [-0.05, 0) is 17.1 Å². The third-order valence-electron chi connectivity index (χ3n) is 2.77. The molecule has 1 aliphatic rings. The van der Waals surface area contributed by atoms with Crippen LogP contribution in [-0.2, 0) is 36.3 Å². The Kier molecular flexibility index (Phi) is 8.62. The molecule has 0 aromatic carbocycles. The summed E-state index contributed by atoms with van der Waals surface area (Å²) in [6, 6.07) is 1.13. The summed E-state index contributed by atoms with van der Waals surface area (Å²) in [6.45, 7) is -0.743. The van der Waals surface area contributed by atoms with Crippen molar-refractivity contribution < 1.29 is 55.9 Å². The van der Waals surface area contributed by atoms with Crippen molar-refractivity contribution >= 4 is 31.3 Å². The molecule has 0 aromatic rings. The van der Waals surface area contributed by atoms with Gasteiger partial charge in [0.15, 0.2) is 0 Å². The molecule has 0 amide bonds. The summed E-state index contributed by atoms with van der Waals surface area (Å²) in [5, 5.41) is 11.9. The Morgan fingerprint density at radius 2 is 1.93 bits per heavy atom. The first-order valence-corrected chi connectivity index (χ1v) is 11.3. The topological polar surface area (TPSA) is 251 Å². The zero-order valence-electron chi connectivity index (χ0n) is 13.4. The number of hydrogen-bond donors (Lipinski definition) is 4. The van der Waals surface area contributed by atoms with Crippen LogP contribution in [0.4, 0.5) is 0 Å². The molecule has 152 valence electrons. The molecule has 6 atom stereocenters. The Labute approximate surface area is 152 Å². The van der Waals surface area contributed by atoms with E-state index in [-0.39, 0.29) is 6.42 Å². The zero-order valence-corrected chi connectivity index (χ0v) is 16.1. The second-order valence-electron chi connectivity index (χ2n) is 4.97. The first-order chi connectivity index (χ1) is 12.3. The first kappa shape index (κ1) is 24.2. The maximum Gasteiger partial charge on any atom is 0.490 e. The standard InChI is InChI=1S/C7H14BN4O12P3/c8-6-1-4(22-7(2-9)11-12-10)5(21-6)3-20-26(16,17)24-27(18,19)23-25(13,14)15/h4-7H,1,3,8H2,(H,16,17)(H,18,19)(H2,13,14,15)/t4-,5-,6-,7?/m1/s1. The lowest BCUT2D eigenvalue weighted by atomic mass is 9.96. The summed E-state index contributed by atoms with van der Waals surface area (Å²) in [7, 11) is -14.8. The van der Waals surface area contributed by atoms with Gasteiger partial charge in [-0.15, -0.1) is 0 Å². The van der Waals surface area contributed by atoms with E-state index in [0.717, 1.165) is 0 Å². The molecule has 1 rings (SSSR count). The predicted molar refractivity (Wildman–Crippen MR) is 85.1 cm³/mol. The van der Waals surface area contributed by atoms with Gasteiger partial charge in [0, 0.05) is 10.9 Å². The Balaban J connectivity index is 2.71. The van der Waals surface area contributed by atoms with Crippen LogP contribution in [0.5, 0.6) is 0 Å².